The summed E-state index contributed by atoms with van der Waals surface area (Å²) in [5.41, 5.74) is -0.995. The van der Waals surface area contributed by atoms with Crippen molar-refractivity contribution < 1.29 is 27.5 Å². The van der Waals surface area contributed by atoms with Crippen molar-refractivity contribution in [3.8, 4) is 0 Å². The van der Waals surface area contributed by atoms with Gasteiger partial charge >= 0.3 is 12.3 Å². The number of amides is 1. The molecule has 1 aromatic carbocycles. The Hall–Kier alpha value is -1.83. The number of likely N-dealkylation sites (tertiary alicyclic amines) is 1. The molecular weight excluding hydrogens is 280 g/mol. The van der Waals surface area contributed by atoms with Crippen molar-refractivity contribution in [1.82, 2.24) is 10.2 Å². The number of alkyl halides is 3. The van der Waals surface area contributed by atoms with E-state index >= 15 is 0 Å². The lowest BCUT2D eigenvalue weighted by Gasteiger charge is -2.37. The van der Waals surface area contributed by atoms with Crippen LogP contribution in [0.25, 0.3) is 0 Å². The highest BCUT2D eigenvalue weighted by Crippen LogP contribution is 2.30. The van der Waals surface area contributed by atoms with Gasteiger partial charge < -0.3 is 15.3 Å². The van der Waals surface area contributed by atoms with Crippen molar-refractivity contribution in [3.05, 3.63) is 35.1 Å². The maximum Gasteiger partial charge on any atom is 0.416 e. The Morgan fingerprint density at radius 3 is 2.60 bits per heavy atom. The lowest BCUT2D eigenvalue weighted by Crippen LogP contribution is -2.59. The van der Waals surface area contributed by atoms with Gasteiger partial charge in [0.2, 0.25) is 0 Å². The molecular formula is C12H12F4N2O2. The maximum absolute atomic E-state index is 13.4. The van der Waals surface area contributed by atoms with Crippen molar-refractivity contribution >= 4 is 6.09 Å². The van der Waals surface area contributed by atoms with Crippen molar-refractivity contribution in [2.24, 2.45) is 0 Å². The zero-order valence-electron chi connectivity index (χ0n) is 10.2. The van der Waals surface area contributed by atoms with Crippen LogP contribution in [0, 0.1) is 5.82 Å². The molecule has 110 valence electrons. The van der Waals surface area contributed by atoms with Crippen LogP contribution in [-0.4, -0.2) is 35.2 Å². The Labute approximate surface area is 112 Å². The molecule has 1 aromatic rings. The van der Waals surface area contributed by atoms with Crippen LogP contribution >= 0.6 is 0 Å². The highest BCUT2D eigenvalue weighted by atomic mass is 19.4. The molecule has 1 heterocycles. The lowest BCUT2D eigenvalue weighted by atomic mass is 10.1. The molecule has 0 spiro atoms. The van der Waals surface area contributed by atoms with Gasteiger partial charge in [0.15, 0.2) is 0 Å². The topological polar surface area (TPSA) is 52.6 Å². The number of hydrogen-bond donors (Lipinski definition) is 2. The van der Waals surface area contributed by atoms with Crippen LogP contribution in [0.1, 0.15) is 11.1 Å². The third-order valence-corrected chi connectivity index (χ3v) is 3.11. The van der Waals surface area contributed by atoms with Gasteiger partial charge in [0.25, 0.3) is 0 Å². The van der Waals surface area contributed by atoms with Gasteiger partial charge in [-0.05, 0) is 18.2 Å². The lowest BCUT2D eigenvalue weighted by molar-refractivity contribution is -0.137. The minimum atomic E-state index is -4.51. The number of nitrogens with one attached hydrogen (secondary N) is 1. The van der Waals surface area contributed by atoms with Gasteiger partial charge in [-0.15, -0.1) is 0 Å². The van der Waals surface area contributed by atoms with Crippen LogP contribution in [0.4, 0.5) is 22.4 Å². The smallest absolute Gasteiger partial charge is 0.416 e. The summed E-state index contributed by atoms with van der Waals surface area (Å²) in [5, 5.41) is 11.4. The fourth-order valence-corrected chi connectivity index (χ4v) is 1.90. The first-order valence-electron chi connectivity index (χ1n) is 5.84. The van der Waals surface area contributed by atoms with E-state index in [4.69, 9.17) is 5.11 Å². The molecule has 0 saturated carbocycles. The Kier molecular flexibility index (Phi) is 3.85. The van der Waals surface area contributed by atoms with Crippen LogP contribution in [0.3, 0.4) is 0 Å². The number of nitrogens with zero attached hydrogens (tertiary/aromatic N) is 1. The number of halogens is 4. The first-order valence-corrected chi connectivity index (χ1v) is 5.84. The number of carboxylic acid groups (broad SMARTS) is 1. The predicted molar refractivity (Wildman–Crippen MR) is 61.6 cm³/mol. The van der Waals surface area contributed by atoms with Crippen molar-refractivity contribution in [3.63, 3.8) is 0 Å². The summed E-state index contributed by atoms with van der Waals surface area (Å²) in [5.74, 6) is -0.722. The summed E-state index contributed by atoms with van der Waals surface area (Å²) in [6.07, 6.45) is -5.56. The van der Waals surface area contributed by atoms with E-state index in [-0.39, 0.29) is 31.2 Å². The summed E-state index contributed by atoms with van der Waals surface area (Å²) in [7, 11) is 0. The zero-order valence-corrected chi connectivity index (χ0v) is 10.2. The van der Waals surface area contributed by atoms with Gasteiger partial charge in [0.1, 0.15) is 5.82 Å². The minimum Gasteiger partial charge on any atom is -0.465 e. The molecule has 0 aliphatic carbocycles. The molecule has 2 N–H and O–H groups in total. The van der Waals surface area contributed by atoms with Crippen LogP contribution in [0.5, 0.6) is 0 Å². The van der Waals surface area contributed by atoms with E-state index in [0.717, 1.165) is 17.0 Å². The standard InChI is InChI=1S/C12H12F4N2O2/c13-10-2-1-8(12(14,15)16)3-7(10)4-17-9-5-18(6-9)11(19)20/h1-3,9,17H,4-6H2,(H,19,20). The molecule has 2 rings (SSSR count). The van der Waals surface area contributed by atoms with Crippen molar-refractivity contribution in [1.29, 1.82) is 0 Å². The molecule has 1 aliphatic rings. The van der Waals surface area contributed by atoms with Crippen LogP contribution in [0.15, 0.2) is 18.2 Å². The number of benzene rings is 1. The largest absolute Gasteiger partial charge is 0.465 e. The highest BCUT2D eigenvalue weighted by molar-refractivity contribution is 5.66. The van der Waals surface area contributed by atoms with Crippen molar-refractivity contribution in [2.45, 2.75) is 18.8 Å². The maximum atomic E-state index is 13.4. The molecule has 0 unspecified atom stereocenters. The first-order chi connectivity index (χ1) is 9.27. The molecule has 0 bridgehead atoms. The third-order valence-electron chi connectivity index (χ3n) is 3.11. The van der Waals surface area contributed by atoms with Gasteiger partial charge in [-0.25, -0.2) is 9.18 Å². The molecule has 0 radical (unpaired) electrons. The Balaban J connectivity index is 1.95. The highest BCUT2D eigenvalue weighted by Gasteiger charge is 2.32. The number of carbonyl (C=O) groups is 1. The zero-order chi connectivity index (χ0) is 14.9. The van der Waals surface area contributed by atoms with Gasteiger partial charge in [-0.2, -0.15) is 13.2 Å². The average molecular weight is 292 g/mol. The number of hydrogen-bond acceptors (Lipinski definition) is 2. The van der Waals surface area contributed by atoms with Crippen molar-refractivity contribution in [2.75, 3.05) is 13.1 Å². The van der Waals surface area contributed by atoms with E-state index in [9.17, 15) is 22.4 Å². The first kappa shape index (κ1) is 14.6. The summed E-state index contributed by atoms with van der Waals surface area (Å²) in [4.78, 5) is 11.7. The molecule has 20 heavy (non-hydrogen) atoms. The van der Waals surface area contributed by atoms with Crippen LogP contribution < -0.4 is 5.32 Å². The molecule has 1 amide bonds. The Bertz CT molecular complexity index is 513. The minimum absolute atomic E-state index is 0.0755. The molecule has 1 fully saturated rings. The fraction of sp³-hybridized carbons (Fsp3) is 0.417. The van der Waals surface area contributed by atoms with E-state index < -0.39 is 23.7 Å². The van der Waals surface area contributed by atoms with Crippen LogP contribution in [0.2, 0.25) is 0 Å². The summed E-state index contributed by atoms with van der Waals surface area (Å²) >= 11 is 0. The van der Waals surface area contributed by atoms with E-state index in [1.165, 1.54) is 0 Å². The Morgan fingerprint density at radius 2 is 2.05 bits per heavy atom. The van der Waals surface area contributed by atoms with Gasteiger partial charge in [0.05, 0.1) is 5.56 Å². The monoisotopic (exact) mass is 292 g/mol. The Morgan fingerprint density at radius 1 is 1.40 bits per heavy atom. The van der Waals surface area contributed by atoms with Gasteiger partial charge in [-0.1, -0.05) is 0 Å². The normalized spacial score (nSPS) is 16.1. The molecule has 1 aliphatic heterocycles. The van der Waals surface area contributed by atoms with E-state index in [1.807, 2.05) is 0 Å². The molecule has 8 heteroatoms. The molecule has 4 nitrogen and oxygen atoms in total. The molecule has 1 saturated heterocycles. The predicted octanol–water partition coefficient (Wildman–Crippen LogP) is 2.30. The second-order valence-corrected chi connectivity index (χ2v) is 4.57. The quantitative estimate of drug-likeness (QED) is 0.841. The van der Waals surface area contributed by atoms with Gasteiger partial charge in [0, 0.05) is 31.2 Å². The second-order valence-electron chi connectivity index (χ2n) is 4.57. The number of rotatable bonds is 3. The SMILES string of the molecule is O=C(O)N1CC(NCc2cc(C(F)(F)F)ccc2F)C1. The average Bonchev–Trinajstić information content (AvgIpc) is 2.27. The van der Waals surface area contributed by atoms with E-state index in [1.54, 1.807) is 0 Å². The summed E-state index contributed by atoms with van der Waals surface area (Å²) < 4.78 is 50.9. The van der Waals surface area contributed by atoms with E-state index in [2.05, 4.69) is 5.32 Å². The van der Waals surface area contributed by atoms with Crippen LogP contribution in [-0.2, 0) is 12.7 Å². The molecule has 0 atom stereocenters. The third kappa shape index (κ3) is 3.19. The van der Waals surface area contributed by atoms with Gasteiger partial charge in [-0.3, -0.25) is 0 Å². The summed E-state index contributed by atoms with van der Waals surface area (Å²) in [6, 6.07) is 2.06. The second kappa shape index (κ2) is 5.28. The van der Waals surface area contributed by atoms with E-state index in [0.29, 0.717) is 6.07 Å². The fourth-order valence-electron chi connectivity index (χ4n) is 1.90. The molecule has 0 aromatic heterocycles. The summed E-state index contributed by atoms with van der Waals surface area (Å²) in [6.45, 7) is 0.416.